The van der Waals surface area contributed by atoms with Crippen LogP contribution in [-0.4, -0.2) is 30.3 Å². The number of hydrogen-bond acceptors (Lipinski definition) is 5. The molecule has 1 N–H and O–H groups in total. The molecular weight excluding hydrogens is 312 g/mol. The summed E-state index contributed by atoms with van der Waals surface area (Å²) >= 11 is 1.62. The van der Waals surface area contributed by atoms with Crippen molar-refractivity contribution in [3.8, 4) is 5.88 Å². The number of thiazole rings is 1. The summed E-state index contributed by atoms with van der Waals surface area (Å²) in [6, 6.07) is 3.59. The van der Waals surface area contributed by atoms with Crippen molar-refractivity contribution in [2.24, 2.45) is 0 Å². The molecule has 4 nitrogen and oxygen atoms in total. The number of methoxy groups -OCH3 is 1. The highest BCUT2D eigenvalue weighted by Gasteiger charge is 2.39. The Balaban J connectivity index is 2.27. The third-order valence-electron chi connectivity index (χ3n) is 4.49. The molecule has 0 amide bonds. The van der Waals surface area contributed by atoms with E-state index >= 15 is 0 Å². The zero-order valence-corrected chi connectivity index (χ0v) is 15.9. The van der Waals surface area contributed by atoms with E-state index in [0.717, 1.165) is 10.4 Å². The van der Waals surface area contributed by atoms with Gasteiger partial charge in [-0.2, -0.15) is 0 Å². The third kappa shape index (κ3) is 3.24. The maximum Gasteiger partial charge on any atom is 0.212 e. The molecule has 2 aromatic rings. The second-order valence-corrected chi connectivity index (χ2v) is 13.6. The summed E-state index contributed by atoms with van der Waals surface area (Å²) < 4.78 is 6.22. The minimum absolute atomic E-state index is 0.231. The summed E-state index contributed by atoms with van der Waals surface area (Å²) in [5, 5.41) is 10.8. The van der Waals surface area contributed by atoms with E-state index < -0.39 is 14.2 Å². The van der Waals surface area contributed by atoms with Crippen LogP contribution in [-0.2, 0) is 0 Å². The molecule has 0 aromatic carbocycles. The van der Waals surface area contributed by atoms with Crippen LogP contribution in [0.15, 0.2) is 24.5 Å². The Labute approximate surface area is 137 Å². The van der Waals surface area contributed by atoms with Crippen LogP contribution in [0.25, 0.3) is 0 Å². The molecule has 0 aliphatic rings. The highest BCUT2D eigenvalue weighted by Crippen LogP contribution is 2.37. The predicted molar refractivity (Wildman–Crippen MR) is 93.8 cm³/mol. The maximum atomic E-state index is 10.5. The van der Waals surface area contributed by atoms with Crippen molar-refractivity contribution in [2.45, 2.75) is 45.0 Å². The van der Waals surface area contributed by atoms with Gasteiger partial charge in [-0.15, -0.1) is 11.3 Å². The van der Waals surface area contributed by atoms with E-state index in [1.54, 1.807) is 36.9 Å². The van der Waals surface area contributed by atoms with Crippen molar-refractivity contribution in [1.82, 2.24) is 9.97 Å². The Hall–Kier alpha value is -1.24. The molecule has 0 bridgehead atoms. The van der Waals surface area contributed by atoms with E-state index in [2.05, 4.69) is 43.8 Å². The zero-order chi connectivity index (χ0) is 16.5. The summed E-state index contributed by atoms with van der Waals surface area (Å²) in [4.78, 5) is 9.63. The first-order valence-corrected chi connectivity index (χ1v) is 11.1. The minimum atomic E-state index is -1.66. The smallest absolute Gasteiger partial charge is 0.212 e. The van der Waals surface area contributed by atoms with Crippen LogP contribution >= 0.6 is 11.3 Å². The molecule has 0 fully saturated rings. The molecule has 2 aromatic heterocycles. The van der Waals surface area contributed by atoms with Gasteiger partial charge in [0.2, 0.25) is 5.88 Å². The van der Waals surface area contributed by atoms with Crippen LogP contribution in [0.2, 0.25) is 18.1 Å². The van der Waals surface area contributed by atoms with Crippen molar-refractivity contribution in [3.63, 3.8) is 0 Å². The number of nitrogens with zero attached hydrogens (tertiary/aromatic N) is 2. The van der Waals surface area contributed by atoms with Crippen LogP contribution in [0.5, 0.6) is 5.88 Å². The third-order valence-corrected chi connectivity index (χ3v) is 12.1. The fourth-order valence-corrected chi connectivity index (χ4v) is 5.86. The monoisotopic (exact) mass is 336 g/mol. The standard InChI is InChI=1S/C16H24N2O2SSi/c1-16(2,3)22(5,6)15-18-10-12(21-15)14(19)11-7-8-13(20-4)17-9-11/h7-10,14,19H,1-6H3/t14-/m0/s1. The molecule has 0 aliphatic carbocycles. The molecule has 0 saturated heterocycles. The summed E-state index contributed by atoms with van der Waals surface area (Å²) in [6.07, 6.45) is 2.76. The summed E-state index contributed by atoms with van der Waals surface area (Å²) in [5.74, 6) is 0.544. The highest BCUT2D eigenvalue weighted by atomic mass is 32.1. The van der Waals surface area contributed by atoms with Crippen molar-refractivity contribution in [1.29, 1.82) is 0 Å². The van der Waals surface area contributed by atoms with Crippen molar-refractivity contribution < 1.29 is 9.84 Å². The molecule has 1 atom stereocenters. The molecule has 2 heterocycles. The quantitative estimate of drug-likeness (QED) is 0.870. The van der Waals surface area contributed by atoms with Crippen molar-refractivity contribution in [3.05, 3.63) is 35.0 Å². The van der Waals surface area contributed by atoms with Gasteiger partial charge in [-0.05, 0) is 11.1 Å². The normalized spacial score (nSPS) is 14.0. The van der Waals surface area contributed by atoms with E-state index in [0.29, 0.717) is 5.88 Å². The summed E-state index contributed by atoms with van der Waals surface area (Å²) in [7, 11) is -0.0845. The Morgan fingerprint density at radius 2 is 1.86 bits per heavy atom. The lowest BCUT2D eigenvalue weighted by molar-refractivity contribution is 0.223. The number of aromatic nitrogens is 2. The first-order chi connectivity index (χ1) is 10.2. The average molecular weight is 337 g/mol. The van der Waals surface area contributed by atoms with Gasteiger partial charge in [0.05, 0.1) is 16.6 Å². The number of hydrogen-bond donors (Lipinski definition) is 1. The molecule has 2 rings (SSSR count). The maximum absolute atomic E-state index is 10.5. The van der Waals surface area contributed by atoms with Gasteiger partial charge in [0.15, 0.2) is 0 Å². The van der Waals surface area contributed by atoms with E-state index in [1.807, 2.05) is 6.07 Å². The molecule has 22 heavy (non-hydrogen) atoms. The van der Waals surface area contributed by atoms with Gasteiger partial charge < -0.3 is 9.84 Å². The number of rotatable bonds is 4. The van der Waals surface area contributed by atoms with E-state index in [9.17, 15) is 5.11 Å². The Kier molecular flexibility index (Phi) is 4.75. The lowest BCUT2D eigenvalue weighted by Crippen LogP contribution is -2.49. The molecule has 6 heteroatoms. The number of ether oxygens (including phenoxy) is 1. The van der Waals surface area contributed by atoms with Crippen LogP contribution in [0.4, 0.5) is 0 Å². The lowest BCUT2D eigenvalue weighted by Gasteiger charge is -2.34. The van der Waals surface area contributed by atoms with Gasteiger partial charge in [-0.1, -0.05) is 33.9 Å². The topological polar surface area (TPSA) is 55.2 Å². The van der Waals surface area contributed by atoms with Gasteiger partial charge in [0.1, 0.15) is 14.2 Å². The van der Waals surface area contributed by atoms with Crippen LogP contribution in [0.3, 0.4) is 0 Å². The summed E-state index contributed by atoms with van der Waals surface area (Å²) in [5.41, 5.74) is 0.756. The molecular formula is C16H24N2O2SSi. The molecule has 0 aliphatic heterocycles. The number of pyridine rings is 1. The molecule has 120 valence electrons. The van der Waals surface area contributed by atoms with E-state index in [4.69, 9.17) is 4.74 Å². The van der Waals surface area contributed by atoms with Gasteiger partial charge in [0.25, 0.3) is 0 Å². The van der Waals surface area contributed by atoms with E-state index in [-0.39, 0.29) is 5.04 Å². The summed E-state index contributed by atoms with van der Waals surface area (Å²) in [6.45, 7) is 11.5. The van der Waals surface area contributed by atoms with Gasteiger partial charge in [-0.3, -0.25) is 4.98 Å². The number of aliphatic hydroxyl groups excluding tert-OH is 1. The van der Waals surface area contributed by atoms with E-state index in [1.165, 1.54) is 4.63 Å². The minimum Gasteiger partial charge on any atom is -0.481 e. The van der Waals surface area contributed by atoms with Crippen molar-refractivity contribution in [2.75, 3.05) is 7.11 Å². The molecule has 0 radical (unpaired) electrons. The lowest BCUT2D eigenvalue weighted by atomic mass is 10.1. The van der Waals surface area contributed by atoms with Crippen LogP contribution < -0.4 is 9.37 Å². The fraction of sp³-hybridized carbons (Fsp3) is 0.500. The van der Waals surface area contributed by atoms with Crippen molar-refractivity contribution >= 4 is 24.0 Å². The second-order valence-electron chi connectivity index (χ2n) is 6.98. The predicted octanol–water partition coefficient (Wildman–Crippen LogP) is 3.34. The average Bonchev–Trinajstić information content (AvgIpc) is 2.96. The fourth-order valence-electron chi connectivity index (χ4n) is 1.86. The van der Waals surface area contributed by atoms with Crippen LogP contribution in [0, 0.1) is 0 Å². The number of aliphatic hydroxyl groups is 1. The Morgan fingerprint density at radius 3 is 2.36 bits per heavy atom. The van der Waals surface area contributed by atoms with Gasteiger partial charge in [-0.25, -0.2) is 4.98 Å². The SMILES string of the molecule is COc1ccc([C@H](O)c2cnc([Si](C)(C)C(C)(C)C)s2)cn1. The first-order valence-electron chi connectivity index (χ1n) is 7.31. The molecule has 0 unspecified atom stereocenters. The Bertz CT molecular complexity index is 632. The van der Waals surface area contributed by atoms with Crippen LogP contribution in [0.1, 0.15) is 37.3 Å². The highest BCUT2D eigenvalue weighted by molar-refractivity contribution is 7.26. The zero-order valence-electron chi connectivity index (χ0n) is 14.0. The second kappa shape index (κ2) is 6.10. The van der Waals surface area contributed by atoms with Gasteiger partial charge in [0, 0.05) is 24.0 Å². The largest absolute Gasteiger partial charge is 0.481 e. The first kappa shape index (κ1) is 17.1. The molecule has 0 spiro atoms. The molecule has 0 saturated carbocycles. The Morgan fingerprint density at radius 1 is 1.18 bits per heavy atom. The van der Waals surface area contributed by atoms with Gasteiger partial charge >= 0.3 is 0 Å².